The number of nitrogens with zero attached hydrogens (tertiary/aromatic N) is 1. The number of likely N-dealkylation sites (tertiary alicyclic amines) is 1. The molecule has 3 heterocycles. The fraction of sp³-hybridized carbons (Fsp3) is 0.625. The number of unbranched alkanes of at least 4 members (excludes halogenated alkanes) is 1. The number of aliphatic hydroxyl groups is 1. The molecule has 32 heavy (non-hydrogen) atoms. The fourth-order valence-electron chi connectivity index (χ4n) is 5.75. The Labute approximate surface area is 188 Å². The van der Waals surface area contributed by atoms with Crippen LogP contribution in [0.2, 0.25) is 0 Å². The van der Waals surface area contributed by atoms with Crippen LogP contribution in [0.4, 0.5) is 0 Å². The second kappa shape index (κ2) is 9.19. The molecule has 2 amide bonds. The number of amides is 2. The number of aliphatic hydroxyl groups excluding tert-OH is 1. The molecule has 0 saturated carbocycles. The van der Waals surface area contributed by atoms with Crippen LogP contribution >= 0.6 is 0 Å². The molecule has 0 aliphatic carbocycles. The van der Waals surface area contributed by atoms with Crippen molar-refractivity contribution in [3.63, 3.8) is 0 Å². The number of ether oxygens (including phenoxy) is 2. The standard InChI is InChI=1S/C24H32N2O6/c1-3-5-13-25-21(28)20-24-12-11-17(32-24)18(23(30)31-4-2)19(24)22(29)26(20)16(14-27)15-9-7-6-8-10-15/h6-10,16-20,27H,3-5,11-14H2,1-2H3,(H,25,28)/t16-,17-,18+,19+,20?,24?/m1/s1. The summed E-state index contributed by atoms with van der Waals surface area (Å²) < 4.78 is 11.6. The number of benzene rings is 1. The number of carbonyl (C=O) groups is 3. The number of carbonyl (C=O) groups excluding carboxylic acids is 3. The van der Waals surface area contributed by atoms with E-state index < -0.39 is 41.6 Å². The highest BCUT2D eigenvalue weighted by Crippen LogP contribution is 2.59. The Kier molecular flexibility index (Phi) is 6.53. The van der Waals surface area contributed by atoms with Crippen LogP contribution in [0.1, 0.15) is 51.1 Å². The van der Waals surface area contributed by atoms with Gasteiger partial charge in [-0.2, -0.15) is 0 Å². The molecule has 2 N–H and O–H groups in total. The first-order valence-electron chi connectivity index (χ1n) is 11.6. The van der Waals surface area contributed by atoms with Gasteiger partial charge >= 0.3 is 5.97 Å². The van der Waals surface area contributed by atoms with Gasteiger partial charge in [-0.05, 0) is 31.7 Å². The molecule has 0 radical (unpaired) electrons. The highest BCUT2D eigenvalue weighted by atomic mass is 16.6. The molecule has 2 unspecified atom stereocenters. The molecule has 1 aromatic rings. The Morgan fingerprint density at radius 1 is 1.31 bits per heavy atom. The predicted molar refractivity (Wildman–Crippen MR) is 115 cm³/mol. The molecule has 8 heteroatoms. The largest absolute Gasteiger partial charge is 0.466 e. The fourth-order valence-corrected chi connectivity index (χ4v) is 5.75. The number of nitrogens with one attached hydrogen (secondary N) is 1. The van der Waals surface area contributed by atoms with Gasteiger partial charge in [0.05, 0.1) is 37.2 Å². The number of rotatable bonds is 9. The SMILES string of the molecule is CCCCNC(=O)C1N([C@H](CO)c2ccccc2)C(=O)[C@@H]2[C@@H](C(=O)OCC)[C@H]3CCC12O3. The van der Waals surface area contributed by atoms with Gasteiger partial charge in [-0.3, -0.25) is 14.4 Å². The highest BCUT2D eigenvalue weighted by Gasteiger charge is 2.75. The summed E-state index contributed by atoms with van der Waals surface area (Å²) in [5, 5.41) is 13.3. The number of esters is 1. The zero-order valence-electron chi connectivity index (χ0n) is 18.7. The highest BCUT2D eigenvalue weighted by molar-refractivity contribution is 5.98. The van der Waals surface area contributed by atoms with E-state index in [9.17, 15) is 19.5 Å². The maximum Gasteiger partial charge on any atom is 0.312 e. The van der Waals surface area contributed by atoms with Gasteiger partial charge in [-0.1, -0.05) is 43.7 Å². The maximum atomic E-state index is 13.9. The van der Waals surface area contributed by atoms with E-state index in [-0.39, 0.29) is 25.0 Å². The Morgan fingerprint density at radius 3 is 2.72 bits per heavy atom. The summed E-state index contributed by atoms with van der Waals surface area (Å²) in [5.41, 5.74) is -0.356. The average molecular weight is 445 g/mol. The lowest BCUT2D eigenvalue weighted by molar-refractivity contribution is -0.155. The normalized spacial score (nSPS) is 31.5. The Hall–Kier alpha value is -2.45. The summed E-state index contributed by atoms with van der Waals surface area (Å²) >= 11 is 0. The van der Waals surface area contributed by atoms with E-state index >= 15 is 0 Å². The zero-order chi connectivity index (χ0) is 22.9. The molecule has 3 aliphatic rings. The molecule has 6 atom stereocenters. The summed E-state index contributed by atoms with van der Waals surface area (Å²) in [6.07, 6.45) is 2.42. The first-order chi connectivity index (χ1) is 15.5. The smallest absolute Gasteiger partial charge is 0.312 e. The molecular formula is C24H32N2O6. The molecule has 3 saturated heterocycles. The molecule has 4 rings (SSSR count). The van der Waals surface area contributed by atoms with Gasteiger partial charge in [0.1, 0.15) is 11.6 Å². The Balaban J connectivity index is 1.75. The van der Waals surface area contributed by atoms with E-state index in [0.717, 1.165) is 18.4 Å². The molecule has 3 aliphatic heterocycles. The van der Waals surface area contributed by atoms with Gasteiger partial charge in [0.25, 0.3) is 0 Å². The molecule has 1 spiro atoms. The molecule has 2 bridgehead atoms. The Bertz CT molecular complexity index is 861. The van der Waals surface area contributed by atoms with Crippen LogP contribution in [0.5, 0.6) is 0 Å². The lowest BCUT2D eigenvalue weighted by Crippen LogP contribution is -2.56. The first kappa shape index (κ1) is 22.7. The van der Waals surface area contributed by atoms with E-state index in [1.807, 2.05) is 37.3 Å². The first-order valence-corrected chi connectivity index (χ1v) is 11.6. The van der Waals surface area contributed by atoms with Crippen LogP contribution in [0.25, 0.3) is 0 Å². The monoisotopic (exact) mass is 444 g/mol. The number of hydrogen-bond acceptors (Lipinski definition) is 6. The van der Waals surface area contributed by atoms with Crippen LogP contribution in [-0.4, -0.2) is 65.3 Å². The molecular weight excluding hydrogens is 412 g/mol. The van der Waals surface area contributed by atoms with Crippen LogP contribution in [0, 0.1) is 11.8 Å². The second-order valence-corrected chi connectivity index (χ2v) is 8.81. The van der Waals surface area contributed by atoms with E-state index in [1.54, 1.807) is 6.92 Å². The van der Waals surface area contributed by atoms with Crippen LogP contribution in [-0.2, 0) is 23.9 Å². The van der Waals surface area contributed by atoms with Crippen molar-refractivity contribution in [2.24, 2.45) is 11.8 Å². The van der Waals surface area contributed by atoms with Crippen molar-refractivity contribution in [1.29, 1.82) is 0 Å². The second-order valence-electron chi connectivity index (χ2n) is 8.81. The quantitative estimate of drug-likeness (QED) is 0.443. The third-order valence-corrected chi connectivity index (χ3v) is 7.07. The van der Waals surface area contributed by atoms with E-state index in [4.69, 9.17) is 9.47 Å². The van der Waals surface area contributed by atoms with Gasteiger partial charge in [0.15, 0.2) is 0 Å². The van der Waals surface area contributed by atoms with E-state index in [2.05, 4.69) is 5.32 Å². The zero-order valence-corrected chi connectivity index (χ0v) is 18.7. The minimum absolute atomic E-state index is 0.212. The van der Waals surface area contributed by atoms with Crippen LogP contribution < -0.4 is 5.32 Å². The van der Waals surface area contributed by atoms with Crippen molar-refractivity contribution in [1.82, 2.24) is 10.2 Å². The van der Waals surface area contributed by atoms with Crippen molar-refractivity contribution in [2.75, 3.05) is 19.8 Å². The van der Waals surface area contributed by atoms with Gasteiger partial charge in [0.2, 0.25) is 11.8 Å². The van der Waals surface area contributed by atoms with Crippen LogP contribution in [0.3, 0.4) is 0 Å². The van der Waals surface area contributed by atoms with Gasteiger partial charge < -0.3 is 24.8 Å². The van der Waals surface area contributed by atoms with Crippen LogP contribution in [0.15, 0.2) is 30.3 Å². The maximum absolute atomic E-state index is 13.9. The minimum Gasteiger partial charge on any atom is -0.466 e. The summed E-state index contributed by atoms with van der Waals surface area (Å²) in [6, 6.07) is 7.54. The Morgan fingerprint density at radius 2 is 2.06 bits per heavy atom. The van der Waals surface area contributed by atoms with Gasteiger partial charge in [-0.25, -0.2) is 0 Å². The van der Waals surface area contributed by atoms with Gasteiger partial charge in [-0.15, -0.1) is 0 Å². The third kappa shape index (κ3) is 3.49. The van der Waals surface area contributed by atoms with Crippen molar-refractivity contribution in [2.45, 2.75) is 63.3 Å². The lowest BCUT2D eigenvalue weighted by Gasteiger charge is -2.36. The van der Waals surface area contributed by atoms with E-state index in [1.165, 1.54) is 4.90 Å². The van der Waals surface area contributed by atoms with Crippen molar-refractivity contribution in [3.05, 3.63) is 35.9 Å². The number of fused-ring (bicyclic) bond motifs is 1. The van der Waals surface area contributed by atoms with E-state index in [0.29, 0.717) is 19.4 Å². The van der Waals surface area contributed by atoms with Crippen molar-refractivity contribution < 1.29 is 29.0 Å². The summed E-state index contributed by atoms with van der Waals surface area (Å²) in [4.78, 5) is 41.6. The molecule has 0 aromatic heterocycles. The van der Waals surface area contributed by atoms with Crippen molar-refractivity contribution >= 4 is 17.8 Å². The summed E-state index contributed by atoms with van der Waals surface area (Å²) in [6.45, 7) is 4.13. The third-order valence-electron chi connectivity index (χ3n) is 7.07. The van der Waals surface area contributed by atoms with Crippen molar-refractivity contribution in [3.8, 4) is 0 Å². The molecule has 8 nitrogen and oxygen atoms in total. The average Bonchev–Trinajstić information content (AvgIpc) is 3.43. The summed E-state index contributed by atoms with van der Waals surface area (Å²) in [7, 11) is 0. The molecule has 174 valence electrons. The summed E-state index contributed by atoms with van der Waals surface area (Å²) in [5.74, 6) is -2.61. The topological polar surface area (TPSA) is 105 Å². The molecule has 3 fully saturated rings. The lowest BCUT2D eigenvalue weighted by atomic mass is 9.71. The number of hydrogen-bond donors (Lipinski definition) is 2. The predicted octanol–water partition coefficient (Wildman–Crippen LogP) is 1.57. The minimum atomic E-state index is -1.09. The molecule has 1 aromatic carbocycles. The van der Waals surface area contributed by atoms with Gasteiger partial charge in [0, 0.05) is 6.54 Å².